The summed E-state index contributed by atoms with van der Waals surface area (Å²) < 4.78 is 9.28. The lowest BCUT2D eigenvalue weighted by Gasteiger charge is -2.54. The quantitative estimate of drug-likeness (QED) is 0.396. The van der Waals surface area contributed by atoms with Gasteiger partial charge in [0.05, 0.1) is 23.9 Å². The third kappa shape index (κ3) is 3.40. The summed E-state index contributed by atoms with van der Waals surface area (Å²) in [6.45, 7) is 10.2. The van der Waals surface area contributed by atoms with Crippen LogP contribution in [0.2, 0.25) is 0 Å². The van der Waals surface area contributed by atoms with Gasteiger partial charge in [-0.05, 0) is 124 Å². The highest BCUT2D eigenvalue weighted by Gasteiger charge is 2.59. The normalized spacial score (nSPS) is 51.5. The SMILES string of the molecule is CC1=C2C[C@H]3[C@@H](CC[C@@H]4C[C@@H](n5ccnn5)CC[C@@]43C)[C@@H]2CC[C@@]2(C1)O[C@@H]1C[C@H](C)CC[C@H]1[C@H]2C. The number of hydrogen-bond donors (Lipinski definition) is 0. The Morgan fingerprint density at radius 1 is 1.00 bits per heavy atom. The standard InChI is InChI=1S/C31H47N3O/c1-19-5-7-24-21(3)31(35-29(24)15-19)12-10-25-26-8-6-22-16-23(34-14-13-32-33-34)9-11-30(22,4)28(26)17-27(25)20(2)18-31/h13-14,19,21-26,28-29H,5-12,15-18H2,1-4H3/t19-,21-,22-,23+,24+,25+,26+,28+,29-,30+,31+/m1/s1. The maximum atomic E-state index is 7.13. The van der Waals surface area contributed by atoms with Crippen molar-refractivity contribution in [2.45, 2.75) is 122 Å². The van der Waals surface area contributed by atoms with E-state index in [1.54, 1.807) is 5.57 Å². The molecule has 5 aliphatic carbocycles. The van der Waals surface area contributed by atoms with E-state index in [1.165, 1.54) is 77.0 Å². The van der Waals surface area contributed by atoms with E-state index in [1.807, 2.05) is 11.8 Å². The summed E-state index contributed by atoms with van der Waals surface area (Å²) in [5, 5.41) is 8.46. The summed E-state index contributed by atoms with van der Waals surface area (Å²) in [5.41, 5.74) is 4.26. The van der Waals surface area contributed by atoms with Gasteiger partial charge in [-0.15, -0.1) is 5.10 Å². The van der Waals surface area contributed by atoms with Gasteiger partial charge < -0.3 is 4.74 Å². The van der Waals surface area contributed by atoms with Crippen LogP contribution in [-0.2, 0) is 4.74 Å². The molecule has 7 rings (SSSR count). The van der Waals surface area contributed by atoms with E-state index in [2.05, 4.69) is 48.9 Å². The van der Waals surface area contributed by atoms with E-state index in [4.69, 9.17) is 4.74 Å². The van der Waals surface area contributed by atoms with Gasteiger partial charge in [0.1, 0.15) is 0 Å². The zero-order valence-corrected chi connectivity index (χ0v) is 22.6. The number of ether oxygens (including phenoxy) is 1. The van der Waals surface area contributed by atoms with E-state index in [0.29, 0.717) is 17.6 Å². The van der Waals surface area contributed by atoms with E-state index in [-0.39, 0.29) is 5.60 Å². The Bertz CT molecular complexity index is 985. The highest BCUT2D eigenvalue weighted by Crippen LogP contribution is 2.66. The molecule has 5 fully saturated rings. The fourth-order valence-corrected chi connectivity index (χ4v) is 10.9. The van der Waals surface area contributed by atoms with Crippen LogP contribution in [-0.4, -0.2) is 26.7 Å². The minimum Gasteiger partial charge on any atom is -0.371 e. The lowest BCUT2D eigenvalue weighted by atomic mass is 9.52. The number of fused-ring (bicyclic) bond motifs is 6. The topological polar surface area (TPSA) is 39.9 Å². The molecule has 6 aliphatic rings. The van der Waals surface area contributed by atoms with Gasteiger partial charge in [-0.3, -0.25) is 0 Å². The Kier molecular flexibility index (Phi) is 5.37. The van der Waals surface area contributed by atoms with Gasteiger partial charge in [0, 0.05) is 6.20 Å². The van der Waals surface area contributed by atoms with Crippen molar-refractivity contribution < 1.29 is 4.74 Å². The summed E-state index contributed by atoms with van der Waals surface area (Å²) in [6.07, 6.45) is 20.7. The van der Waals surface area contributed by atoms with Crippen LogP contribution in [0.3, 0.4) is 0 Å². The Morgan fingerprint density at radius 2 is 1.86 bits per heavy atom. The van der Waals surface area contributed by atoms with E-state index < -0.39 is 0 Å². The first kappa shape index (κ1) is 23.0. The van der Waals surface area contributed by atoms with Crippen LogP contribution in [0, 0.1) is 46.8 Å². The maximum absolute atomic E-state index is 7.13. The predicted octanol–water partition coefficient (Wildman–Crippen LogP) is 7.38. The van der Waals surface area contributed by atoms with Crippen LogP contribution in [0.1, 0.15) is 111 Å². The van der Waals surface area contributed by atoms with Crippen LogP contribution in [0.25, 0.3) is 0 Å². The Balaban J connectivity index is 1.13. The lowest BCUT2D eigenvalue weighted by molar-refractivity contribution is -0.0768. The highest BCUT2D eigenvalue weighted by molar-refractivity contribution is 5.29. The predicted molar refractivity (Wildman–Crippen MR) is 139 cm³/mol. The van der Waals surface area contributed by atoms with Crippen LogP contribution < -0.4 is 0 Å². The minimum absolute atomic E-state index is 0.132. The third-order valence-electron chi connectivity index (χ3n) is 12.9. The van der Waals surface area contributed by atoms with Gasteiger partial charge in [-0.25, -0.2) is 4.68 Å². The molecule has 1 aromatic heterocycles. The second kappa shape index (κ2) is 8.17. The summed E-state index contributed by atoms with van der Waals surface area (Å²) in [7, 11) is 0. The molecular formula is C31H47N3O. The van der Waals surface area contributed by atoms with Gasteiger partial charge in [0.15, 0.2) is 0 Å². The lowest BCUT2D eigenvalue weighted by Crippen LogP contribution is -2.46. The monoisotopic (exact) mass is 477 g/mol. The summed E-state index contributed by atoms with van der Waals surface area (Å²) in [4.78, 5) is 0. The van der Waals surface area contributed by atoms with Crippen molar-refractivity contribution >= 4 is 0 Å². The molecule has 192 valence electrons. The van der Waals surface area contributed by atoms with Crippen molar-refractivity contribution in [1.82, 2.24) is 15.0 Å². The van der Waals surface area contributed by atoms with Gasteiger partial charge in [-0.1, -0.05) is 43.6 Å². The molecule has 1 aromatic rings. The number of hydrogen-bond acceptors (Lipinski definition) is 3. The van der Waals surface area contributed by atoms with E-state index >= 15 is 0 Å². The van der Waals surface area contributed by atoms with E-state index in [0.717, 1.165) is 41.4 Å². The van der Waals surface area contributed by atoms with Crippen molar-refractivity contribution in [3.63, 3.8) is 0 Å². The average Bonchev–Trinajstić information content (AvgIpc) is 3.53. The highest BCUT2D eigenvalue weighted by atomic mass is 16.5. The zero-order chi connectivity index (χ0) is 23.9. The van der Waals surface area contributed by atoms with Crippen LogP contribution >= 0.6 is 0 Å². The minimum atomic E-state index is 0.132. The molecule has 4 saturated carbocycles. The van der Waals surface area contributed by atoms with Gasteiger partial charge in [-0.2, -0.15) is 0 Å². The van der Waals surface area contributed by atoms with Crippen LogP contribution in [0.4, 0.5) is 0 Å². The molecule has 0 unspecified atom stereocenters. The fraction of sp³-hybridized carbons (Fsp3) is 0.871. The largest absolute Gasteiger partial charge is 0.371 e. The smallest absolute Gasteiger partial charge is 0.0752 e. The molecule has 0 N–H and O–H groups in total. The molecule has 1 saturated heterocycles. The molecule has 1 spiro atoms. The fourth-order valence-electron chi connectivity index (χ4n) is 10.9. The number of aromatic nitrogens is 3. The number of nitrogens with zero attached hydrogens (tertiary/aromatic N) is 3. The first-order valence-electron chi connectivity index (χ1n) is 15.1. The van der Waals surface area contributed by atoms with Crippen molar-refractivity contribution in [1.29, 1.82) is 0 Å². The van der Waals surface area contributed by atoms with Gasteiger partial charge in [0.2, 0.25) is 0 Å². The molecule has 0 aromatic carbocycles. The van der Waals surface area contributed by atoms with Crippen molar-refractivity contribution in [2.75, 3.05) is 0 Å². The number of allylic oxidation sites excluding steroid dienone is 1. The molecule has 1 aliphatic heterocycles. The third-order valence-corrected chi connectivity index (χ3v) is 12.9. The zero-order valence-electron chi connectivity index (χ0n) is 22.6. The molecule has 0 bridgehead atoms. The average molecular weight is 478 g/mol. The first-order valence-corrected chi connectivity index (χ1v) is 15.1. The Labute approximate surface area is 212 Å². The molecule has 35 heavy (non-hydrogen) atoms. The molecule has 0 amide bonds. The van der Waals surface area contributed by atoms with Crippen molar-refractivity contribution in [2.24, 2.45) is 46.8 Å². The summed E-state index contributed by atoms with van der Waals surface area (Å²) >= 11 is 0. The molecule has 11 atom stereocenters. The summed E-state index contributed by atoms with van der Waals surface area (Å²) in [6, 6.07) is 0.562. The van der Waals surface area contributed by atoms with Gasteiger partial charge >= 0.3 is 0 Å². The van der Waals surface area contributed by atoms with Crippen molar-refractivity contribution in [3.8, 4) is 0 Å². The van der Waals surface area contributed by atoms with Crippen LogP contribution in [0.15, 0.2) is 23.5 Å². The second-order valence-electron chi connectivity index (χ2n) is 14.3. The van der Waals surface area contributed by atoms with Gasteiger partial charge in [0.25, 0.3) is 0 Å². The molecule has 2 heterocycles. The number of rotatable bonds is 1. The molecule has 4 nitrogen and oxygen atoms in total. The molecule has 4 heteroatoms. The van der Waals surface area contributed by atoms with Crippen LogP contribution in [0.5, 0.6) is 0 Å². The molecule has 0 radical (unpaired) electrons. The Hall–Kier alpha value is -1.16. The second-order valence-corrected chi connectivity index (χ2v) is 14.3. The Morgan fingerprint density at radius 3 is 2.69 bits per heavy atom. The summed E-state index contributed by atoms with van der Waals surface area (Å²) in [5.74, 6) is 5.88. The maximum Gasteiger partial charge on any atom is 0.0752 e. The van der Waals surface area contributed by atoms with Crippen molar-refractivity contribution in [3.05, 3.63) is 23.5 Å². The first-order chi connectivity index (χ1) is 16.9. The molecular weight excluding hydrogens is 430 g/mol. The van der Waals surface area contributed by atoms with E-state index in [9.17, 15) is 0 Å².